The molecule has 2 aromatic rings. The zero-order valence-electron chi connectivity index (χ0n) is 17.7. The minimum atomic E-state index is -0.0967. The number of piperidine rings is 1. The van der Waals surface area contributed by atoms with Crippen LogP contribution in [0.1, 0.15) is 43.4 Å². The van der Waals surface area contributed by atoms with Gasteiger partial charge in [-0.1, -0.05) is 61.8 Å². The smallest absolute Gasteiger partial charge is 0.246 e. The molecule has 0 bridgehead atoms. The molecule has 0 aliphatic carbocycles. The number of hydrogen-bond donors (Lipinski definition) is 1. The first kappa shape index (κ1) is 22.1. The maximum Gasteiger partial charge on any atom is 0.246 e. The highest BCUT2D eigenvalue weighted by molar-refractivity contribution is 6.32. The van der Waals surface area contributed by atoms with Gasteiger partial charge >= 0.3 is 0 Å². The minimum Gasteiger partial charge on any atom is -0.339 e. The lowest BCUT2D eigenvalue weighted by Gasteiger charge is -2.31. The molecule has 2 aromatic carbocycles. The van der Waals surface area contributed by atoms with Crippen molar-refractivity contribution in [3.05, 3.63) is 70.3 Å². The van der Waals surface area contributed by atoms with E-state index in [1.54, 1.807) is 6.08 Å². The lowest BCUT2D eigenvalue weighted by atomic mass is 9.94. The molecular formula is C25H29ClN2O2. The normalized spacial score (nSPS) is 14.8. The van der Waals surface area contributed by atoms with Crippen LogP contribution < -0.4 is 5.32 Å². The summed E-state index contributed by atoms with van der Waals surface area (Å²) >= 11 is 6.35. The Morgan fingerprint density at radius 3 is 2.40 bits per heavy atom. The van der Waals surface area contributed by atoms with Gasteiger partial charge in [-0.2, -0.15) is 0 Å². The van der Waals surface area contributed by atoms with Gasteiger partial charge in [-0.3, -0.25) is 9.59 Å². The van der Waals surface area contributed by atoms with Gasteiger partial charge in [-0.25, -0.2) is 0 Å². The van der Waals surface area contributed by atoms with E-state index in [0.29, 0.717) is 31.0 Å². The van der Waals surface area contributed by atoms with Crippen molar-refractivity contribution in [3.63, 3.8) is 0 Å². The summed E-state index contributed by atoms with van der Waals surface area (Å²) in [5.41, 5.74) is 3.95. The predicted molar refractivity (Wildman–Crippen MR) is 124 cm³/mol. The molecule has 1 heterocycles. The van der Waals surface area contributed by atoms with E-state index in [1.807, 2.05) is 60.4 Å². The van der Waals surface area contributed by atoms with E-state index >= 15 is 0 Å². The number of carbonyl (C=O) groups is 2. The number of likely N-dealkylation sites (tertiary alicyclic amines) is 1. The Morgan fingerprint density at radius 2 is 1.77 bits per heavy atom. The fraction of sp³-hybridized carbons (Fsp3) is 0.360. The first-order chi connectivity index (χ1) is 14.5. The molecule has 158 valence electrons. The first-order valence-corrected chi connectivity index (χ1v) is 11.0. The monoisotopic (exact) mass is 424 g/mol. The van der Waals surface area contributed by atoms with E-state index in [2.05, 4.69) is 12.2 Å². The Bertz CT molecular complexity index is 916. The summed E-state index contributed by atoms with van der Waals surface area (Å²) in [6, 6.07) is 13.7. The summed E-state index contributed by atoms with van der Waals surface area (Å²) in [5.74, 6) is -0.0803. The van der Waals surface area contributed by atoms with Crippen molar-refractivity contribution in [2.24, 2.45) is 5.92 Å². The summed E-state index contributed by atoms with van der Waals surface area (Å²) in [6.07, 6.45) is 6.38. The molecule has 4 nitrogen and oxygen atoms in total. The molecule has 1 aliphatic rings. The van der Waals surface area contributed by atoms with Gasteiger partial charge < -0.3 is 10.2 Å². The molecule has 1 aliphatic heterocycles. The topological polar surface area (TPSA) is 49.4 Å². The molecule has 0 radical (unpaired) electrons. The number of nitrogens with zero attached hydrogens (tertiary/aromatic N) is 1. The Hall–Kier alpha value is -2.59. The molecule has 3 rings (SSSR count). The number of hydrogen-bond acceptors (Lipinski definition) is 2. The number of aryl methyl sites for hydroxylation is 1. The molecule has 1 saturated heterocycles. The average molecular weight is 425 g/mol. The third-order valence-corrected chi connectivity index (χ3v) is 6.07. The lowest BCUT2D eigenvalue weighted by Crippen LogP contribution is -2.40. The SMILES string of the molecule is CCc1ccc(Cl)c(CC)c1NC(=O)C1CCN(C(=O)/C=C/c2ccccc2)CC1. The fourth-order valence-corrected chi connectivity index (χ4v) is 4.18. The van der Waals surface area contributed by atoms with Crippen LogP contribution >= 0.6 is 11.6 Å². The van der Waals surface area contributed by atoms with E-state index in [1.165, 1.54) is 0 Å². The number of amides is 2. The summed E-state index contributed by atoms with van der Waals surface area (Å²) < 4.78 is 0. The average Bonchev–Trinajstić information content (AvgIpc) is 2.78. The van der Waals surface area contributed by atoms with Crippen LogP contribution in [0.15, 0.2) is 48.5 Å². The van der Waals surface area contributed by atoms with Gasteiger partial charge in [0.15, 0.2) is 0 Å². The summed E-state index contributed by atoms with van der Waals surface area (Å²) in [5, 5.41) is 3.83. The highest BCUT2D eigenvalue weighted by atomic mass is 35.5. The molecule has 1 fully saturated rings. The van der Waals surface area contributed by atoms with Crippen LogP contribution in [-0.4, -0.2) is 29.8 Å². The standard InChI is InChI=1S/C25H29ClN2O2/c1-3-19-11-12-22(26)21(4-2)24(19)27-25(30)20-14-16-28(17-15-20)23(29)13-10-18-8-6-5-7-9-18/h5-13,20H,3-4,14-17H2,1-2H3,(H,27,30)/b13-10+. The number of carbonyl (C=O) groups excluding carboxylic acids is 2. The molecule has 0 aromatic heterocycles. The van der Waals surface area contributed by atoms with Crippen molar-refractivity contribution in [1.29, 1.82) is 0 Å². The van der Waals surface area contributed by atoms with Crippen molar-refractivity contribution in [3.8, 4) is 0 Å². The van der Waals surface area contributed by atoms with E-state index < -0.39 is 0 Å². The number of rotatable bonds is 6. The Morgan fingerprint density at radius 1 is 1.07 bits per heavy atom. The van der Waals surface area contributed by atoms with Crippen molar-refractivity contribution in [1.82, 2.24) is 4.90 Å². The van der Waals surface area contributed by atoms with Gasteiger partial charge in [0.25, 0.3) is 0 Å². The van der Waals surface area contributed by atoms with Crippen LogP contribution in [0.2, 0.25) is 5.02 Å². The molecular weight excluding hydrogens is 396 g/mol. The van der Waals surface area contributed by atoms with Crippen LogP contribution in [0.25, 0.3) is 6.08 Å². The van der Waals surface area contributed by atoms with Crippen LogP contribution in [0.5, 0.6) is 0 Å². The second-order valence-corrected chi connectivity index (χ2v) is 8.01. The highest BCUT2D eigenvalue weighted by Crippen LogP contribution is 2.30. The van der Waals surface area contributed by atoms with Gasteiger partial charge in [-0.05, 0) is 54.5 Å². The van der Waals surface area contributed by atoms with Gasteiger partial charge in [-0.15, -0.1) is 0 Å². The van der Waals surface area contributed by atoms with Gasteiger partial charge in [0.1, 0.15) is 0 Å². The maximum absolute atomic E-state index is 12.9. The Labute approximate surface area is 183 Å². The molecule has 0 atom stereocenters. The van der Waals surface area contributed by atoms with Crippen LogP contribution in [-0.2, 0) is 22.4 Å². The number of benzene rings is 2. The fourth-order valence-electron chi connectivity index (χ4n) is 3.89. The van der Waals surface area contributed by atoms with Crippen LogP contribution in [0, 0.1) is 5.92 Å². The number of nitrogens with one attached hydrogen (secondary N) is 1. The maximum atomic E-state index is 12.9. The molecule has 1 N–H and O–H groups in total. The van der Waals surface area contributed by atoms with E-state index in [-0.39, 0.29) is 17.7 Å². The predicted octanol–water partition coefficient (Wildman–Crippen LogP) is 5.36. The molecule has 2 amide bonds. The van der Waals surface area contributed by atoms with E-state index in [0.717, 1.165) is 35.2 Å². The second-order valence-electron chi connectivity index (χ2n) is 7.60. The van der Waals surface area contributed by atoms with Crippen molar-refractivity contribution in [2.75, 3.05) is 18.4 Å². The zero-order chi connectivity index (χ0) is 21.5. The van der Waals surface area contributed by atoms with Gasteiger partial charge in [0, 0.05) is 35.8 Å². The van der Waals surface area contributed by atoms with Crippen molar-refractivity contribution >= 4 is 35.2 Å². The van der Waals surface area contributed by atoms with E-state index in [9.17, 15) is 9.59 Å². The molecule has 30 heavy (non-hydrogen) atoms. The molecule has 5 heteroatoms. The highest BCUT2D eigenvalue weighted by Gasteiger charge is 2.27. The van der Waals surface area contributed by atoms with Crippen LogP contribution in [0.3, 0.4) is 0 Å². The largest absolute Gasteiger partial charge is 0.339 e. The first-order valence-electron chi connectivity index (χ1n) is 10.7. The lowest BCUT2D eigenvalue weighted by molar-refractivity contribution is -0.130. The number of anilines is 1. The molecule has 0 spiro atoms. The minimum absolute atomic E-state index is 0.00547. The molecule has 0 unspecified atom stereocenters. The third-order valence-electron chi connectivity index (χ3n) is 5.72. The van der Waals surface area contributed by atoms with Crippen molar-refractivity contribution in [2.45, 2.75) is 39.5 Å². The van der Waals surface area contributed by atoms with Crippen LogP contribution in [0.4, 0.5) is 5.69 Å². The zero-order valence-corrected chi connectivity index (χ0v) is 18.4. The van der Waals surface area contributed by atoms with E-state index in [4.69, 9.17) is 11.6 Å². The summed E-state index contributed by atoms with van der Waals surface area (Å²) in [4.78, 5) is 27.2. The van der Waals surface area contributed by atoms with Gasteiger partial charge in [0.05, 0.1) is 0 Å². The summed E-state index contributed by atoms with van der Waals surface area (Å²) in [7, 11) is 0. The third kappa shape index (κ3) is 5.31. The Kier molecular flexibility index (Phi) is 7.69. The van der Waals surface area contributed by atoms with Gasteiger partial charge in [0.2, 0.25) is 11.8 Å². The number of halogens is 1. The van der Waals surface area contributed by atoms with Crippen molar-refractivity contribution < 1.29 is 9.59 Å². The second kappa shape index (κ2) is 10.4. The summed E-state index contributed by atoms with van der Waals surface area (Å²) in [6.45, 7) is 5.30. The molecule has 0 saturated carbocycles. The quantitative estimate of drug-likeness (QED) is 0.635. The Balaban J connectivity index is 1.59.